The predicted octanol–water partition coefficient (Wildman–Crippen LogP) is 2.54. The first-order chi connectivity index (χ1) is 6.20. The van der Waals surface area contributed by atoms with Crippen LogP contribution in [0.3, 0.4) is 0 Å². The third-order valence-corrected chi connectivity index (χ3v) is 3.08. The summed E-state index contributed by atoms with van der Waals surface area (Å²) in [4.78, 5) is 0. The second kappa shape index (κ2) is 3.31. The van der Waals surface area contributed by atoms with Crippen LogP contribution in [0.5, 0.6) is 5.75 Å². The van der Waals surface area contributed by atoms with E-state index in [1.165, 1.54) is 0 Å². The quantitative estimate of drug-likeness (QED) is 0.758. The van der Waals surface area contributed by atoms with E-state index < -0.39 is 0 Å². The number of fused-ring (bicyclic) bond motifs is 1. The van der Waals surface area contributed by atoms with Crippen molar-refractivity contribution < 1.29 is 4.74 Å². The van der Waals surface area contributed by atoms with Crippen molar-refractivity contribution in [1.29, 1.82) is 0 Å². The van der Waals surface area contributed by atoms with Crippen LogP contribution in [0, 0.1) is 6.92 Å². The van der Waals surface area contributed by atoms with Crippen molar-refractivity contribution in [2.75, 3.05) is 6.61 Å². The van der Waals surface area contributed by atoms with Crippen LogP contribution in [0.2, 0.25) is 0 Å². The summed E-state index contributed by atoms with van der Waals surface area (Å²) < 4.78 is 6.65. The number of nitrogens with two attached hydrogens (primary N) is 1. The Hall–Kier alpha value is -0.540. The van der Waals surface area contributed by atoms with Gasteiger partial charge in [0.05, 0.1) is 6.61 Å². The van der Waals surface area contributed by atoms with Crippen molar-refractivity contribution in [2.45, 2.75) is 19.4 Å². The first kappa shape index (κ1) is 9.03. The molecule has 2 rings (SSSR count). The monoisotopic (exact) mass is 241 g/mol. The van der Waals surface area contributed by atoms with E-state index >= 15 is 0 Å². The SMILES string of the molecule is Cc1ccc(Br)c2c1OCC[C@H]2N. The van der Waals surface area contributed by atoms with Crippen LogP contribution in [0.15, 0.2) is 16.6 Å². The van der Waals surface area contributed by atoms with Gasteiger partial charge in [-0.25, -0.2) is 0 Å². The normalized spacial score (nSPS) is 20.7. The molecule has 1 aromatic rings. The van der Waals surface area contributed by atoms with Gasteiger partial charge in [-0.3, -0.25) is 0 Å². The fourth-order valence-corrected chi connectivity index (χ4v) is 2.26. The Morgan fingerprint density at radius 1 is 1.54 bits per heavy atom. The maximum Gasteiger partial charge on any atom is 0.128 e. The summed E-state index contributed by atoms with van der Waals surface area (Å²) in [5, 5.41) is 0. The maximum atomic E-state index is 6.01. The van der Waals surface area contributed by atoms with E-state index in [1.54, 1.807) is 0 Å². The first-order valence-electron chi connectivity index (χ1n) is 4.37. The summed E-state index contributed by atoms with van der Waals surface area (Å²) in [7, 11) is 0. The van der Waals surface area contributed by atoms with Crippen molar-refractivity contribution >= 4 is 15.9 Å². The zero-order chi connectivity index (χ0) is 9.42. The molecule has 1 aliphatic rings. The molecule has 0 saturated heterocycles. The molecule has 0 unspecified atom stereocenters. The van der Waals surface area contributed by atoms with Crippen LogP contribution in [-0.2, 0) is 0 Å². The highest BCUT2D eigenvalue weighted by atomic mass is 79.9. The lowest BCUT2D eigenvalue weighted by Crippen LogP contribution is -2.21. The second-order valence-electron chi connectivity index (χ2n) is 3.35. The highest BCUT2D eigenvalue weighted by Crippen LogP contribution is 2.38. The Balaban J connectivity index is 2.60. The molecule has 0 radical (unpaired) electrons. The molecule has 1 aliphatic heterocycles. The van der Waals surface area contributed by atoms with E-state index in [0.717, 1.165) is 34.4 Å². The van der Waals surface area contributed by atoms with Crippen LogP contribution in [0.4, 0.5) is 0 Å². The van der Waals surface area contributed by atoms with E-state index in [4.69, 9.17) is 10.5 Å². The molecule has 0 aromatic heterocycles. The van der Waals surface area contributed by atoms with Gasteiger partial charge in [-0.2, -0.15) is 0 Å². The summed E-state index contributed by atoms with van der Waals surface area (Å²) in [5.41, 5.74) is 8.28. The topological polar surface area (TPSA) is 35.2 Å². The number of halogens is 1. The van der Waals surface area contributed by atoms with E-state index in [2.05, 4.69) is 15.9 Å². The van der Waals surface area contributed by atoms with Crippen LogP contribution in [0.25, 0.3) is 0 Å². The van der Waals surface area contributed by atoms with Gasteiger partial charge in [0, 0.05) is 22.5 Å². The Labute approximate surface area is 86.2 Å². The third-order valence-electron chi connectivity index (χ3n) is 2.39. The molecule has 0 saturated carbocycles. The van der Waals surface area contributed by atoms with E-state index in [0.29, 0.717) is 0 Å². The minimum atomic E-state index is 0.109. The van der Waals surface area contributed by atoms with Gasteiger partial charge in [-0.15, -0.1) is 0 Å². The zero-order valence-electron chi connectivity index (χ0n) is 7.51. The average molecular weight is 242 g/mol. The largest absolute Gasteiger partial charge is 0.493 e. The number of aryl methyl sites for hydroxylation is 1. The number of ether oxygens (including phenoxy) is 1. The molecule has 70 valence electrons. The highest BCUT2D eigenvalue weighted by Gasteiger charge is 2.21. The van der Waals surface area contributed by atoms with Gasteiger partial charge < -0.3 is 10.5 Å². The fraction of sp³-hybridized carbons (Fsp3) is 0.400. The van der Waals surface area contributed by atoms with Gasteiger partial charge in [0.1, 0.15) is 5.75 Å². The molecule has 0 amide bonds. The summed E-state index contributed by atoms with van der Waals surface area (Å²) >= 11 is 3.50. The van der Waals surface area contributed by atoms with Crippen molar-refractivity contribution in [2.24, 2.45) is 5.73 Å². The number of hydrogen-bond acceptors (Lipinski definition) is 2. The van der Waals surface area contributed by atoms with Gasteiger partial charge in [-0.05, 0) is 18.6 Å². The lowest BCUT2D eigenvalue weighted by molar-refractivity contribution is 0.266. The summed E-state index contributed by atoms with van der Waals surface area (Å²) in [5.74, 6) is 0.966. The van der Waals surface area contributed by atoms with Crippen LogP contribution < -0.4 is 10.5 Å². The lowest BCUT2D eigenvalue weighted by Gasteiger charge is -2.25. The van der Waals surface area contributed by atoms with E-state index in [9.17, 15) is 0 Å². The molecular weight excluding hydrogens is 230 g/mol. The van der Waals surface area contributed by atoms with Gasteiger partial charge in [0.25, 0.3) is 0 Å². The van der Waals surface area contributed by atoms with E-state index in [1.807, 2.05) is 19.1 Å². The van der Waals surface area contributed by atoms with Gasteiger partial charge in [0.15, 0.2) is 0 Å². The van der Waals surface area contributed by atoms with Crippen LogP contribution >= 0.6 is 15.9 Å². The molecule has 0 bridgehead atoms. The van der Waals surface area contributed by atoms with Gasteiger partial charge >= 0.3 is 0 Å². The average Bonchev–Trinajstić information content (AvgIpc) is 2.12. The maximum absolute atomic E-state index is 6.01. The van der Waals surface area contributed by atoms with E-state index in [-0.39, 0.29) is 6.04 Å². The second-order valence-corrected chi connectivity index (χ2v) is 4.21. The highest BCUT2D eigenvalue weighted by molar-refractivity contribution is 9.10. The standard InChI is InChI=1S/C10H12BrNO/c1-6-2-3-7(11)9-8(12)4-5-13-10(6)9/h2-3,8H,4-5,12H2,1H3/t8-/m1/s1. The molecule has 3 heteroatoms. The Bertz CT molecular complexity index is 338. The van der Waals surface area contributed by atoms with Gasteiger partial charge in [0.2, 0.25) is 0 Å². The lowest BCUT2D eigenvalue weighted by atomic mass is 9.99. The summed E-state index contributed by atoms with van der Waals surface area (Å²) in [6.07, 6.45) is 0.898. The Kier molecular flexibility index (Phi) is 2.30. The predicted molar refractivity (Wildman–Crippen MR) is 55.9 cm³/mol. The molecule has 13 heavy (non-hydrogen) atoms. The van der Waals surface area contributed by atoms with Crippen molar-refractivity contribution in [3.63, 3.8) is 0 Å². The third kappa shape index (κ3) is 1.46. The molecule has 1 atom stereocenters. The van der Waals surface area contributed by atoms with Crippen LogP contribution in [0.1, 0.15) is 23.6 Å². The molecule has 1 heterocycles. The molecule has 2 nitrogen and oxygen atoms in total. The molecule has 0 spiro atoms. The van der Waals surface area contributed by atoms with Crippen molar-refractivity contribution in [1.82, 2.24) is 0 Å². The fourth-order valence-electron chi connectivity index (χ4n) is 1.65. The minimum absolute atomic E-state index is 0.109. The van der Waals surface area contributed by atoms with Gasteiger partial charge in [-0.1, -0.05) is 22.0 Å². The molecular formula is C10H12BrNO. The Morgan fingerprint density at radius 2 is 2.31 bits per heavy atom. The number of benzene rings is 1. The molecule has 2 N–H and O–H groups in total. The van der Waals surface area contributed by atoms with Crippen LogP contribution in [-0.4, -0.2) is 6.61 Å². The number of rotatable bonds is 0. The van der Waals surface area contributed by atoms with Crippen molar-refractivity contribution in [3.8, 4) is 5.75 Å². The first-order valence-corrected chi connectivity index (χ1v) is 5.17. The Morgan fingerprint density at radius 3 is 3.00 bits per heavy atom. The zero-order valence-corrected chi connectivity index (χ0v) is 9.10. The minimum Gasteiger partial charge on any atom is -0.493 e. The summed E-state index contributed by atoms with van der Waals surface area (Å²) in [6, 6.07) is 4.18. The molecule has 1 aromatic carbocycles. The molecule has 0 aliphatic carbocycles. The van der Waals surface area contributed by atoms with Crippen molar-refractivity contribution in [3.05, 3.63) is 27.7 Å². The summed E-state index contributed by atoms with van der Waals surface area (Å²) in [6.45, 7) is 2.77. The molecule has 0 fully saturated rings. The number of hydrogen-bond donors (Lipinski definition) is 1. The smallest absolute Gasteiger partial charge is 0.128 e.